The molecule has 0 radical (unpaired) electrons. The Bertz CT molecular complexity index is 936. The fourth-order valence-electron chi connectivity index (χ4n) is 3.40. The zero-order valence-electron chi connectivity index (χ0n) is 21.3. The van der Waals surface area contributed by atoms with Crippen LogP contribution in [-0.4, -0.2) is 48.8 Å². The molecule has 15 heteroatoms. The normalized spacial score (nSPS) is 12.2. The Balaban J connectivity index is 5.25. The maximum Gasteiger partial charge on any atom is 0.303 e. The minimum absolute atomic E-state index is 0.131. The second kappa shape index (κ2) is 20.2. The molecule has 0 aromatic rings. The summed E-state index contributed by atoms with van der Waals surface area (Å²) in [4.78, 5) is 0. The van der Waals surface area contributed by atoms with Crippen LogP contribution in [0.4, 0.5) is 0 Å². The summed E-state index contributed by atoms with van der Waals surface area (Å²) in [5.41, 5.74) is 0. The molecule has 0 unspecified atom stereocenters. The number of sulfonamides is 3. The predicted octanol–water partition coefficient (Wildman–Crippen LogP) is 2.45. The van der Waals surface area contributed by atoms with Gasteiger partial charge in [-0.2, -0.15) is 15.8 Å². The molecule has 0 fully saturated rings. The van der Waals surface area contributed by atoms with Crippen LogP contribution in [0, 0.1) is 34.0 Å². The van der Waals surface area contributed by atoms with Crippen LogP contribution in [0.5, 0.6) is 0 Å². The number of nitrogens with zero attached hydrogens (tertiary/aromatic N) is 3. The van der Waals surface area contributed by atoms with E-state index < -0.39 is 34.0 Å². The van der Waals surface area contributed by atoms with Crippen molar-refractivity contribution in [1.29, 1.82) is 15.8 Å². The Labute approximate surface area is 223 Å². The molecule has 0 bridgehead atoms. The van der Waals surface area contributed by atoms with Crippen molar-refractivity contribution in [1.82, 2.24) is 14.2 Å². The van der Waals surface area contributed by atoms with Gasteiger partial charge in [0.1, 0.15) is 0 Å². The standard InChI is InChI=1S/C22H40N6O6S3/c23-16-10-4-1-7-13-19-26-35(29,30)22(36(31,32)27-20-14-8-2-5-11-17-24)37(33,34)28-21-15-9-3-6-12-18-25/h22,26-28H,1-15,19-21H2. The van der Waals surface area contributed by atoms with Gasteiger partial charge in [0.05, 0.1) is 18.2 Å². The van der Waals surface area contributed by atoms with Gasteiger partial charge in [0, 0.05) is 38.9 Å². The third-order valence-electron chi connectivity index (χ3n) is 5.32. The van der Waals surface area contributed by atoms with Crippen molar-refractivity contribution in [2.45, 2.75) is 100 Å². The Morgan fingerprint density at radius 2 is 0.676 bits per heavy atom. The van der Waals surface area contributed by atoms with E-state index in [9.17, 15) is 25.3 Å². The summed E-state index contributed by atoms with van der Waals surface area (Å²) in [6.45, 7) is -0.392. The molecular formula is C22H40N6O6S3. The molecule has 0 aliphatic rings. The van der Waals surface area contributed by atoms with Gasteiger partial charge in [-0.1, -0.05) is 38.5 Å². The zero-order valence-corrected chi connectivity index (χ0v) is 23.8. The first-order valence-electron chi connectivity index (χ1n) is 12.6. The highest BCUT2D eigenvalue weighted by molar-refractivity contribution is 8.22. The van der Waals surface area contributed by atoms with Crippen LogP contribution in [0.1, 0.15) is 96.3 Å². The topological polar surface area (TPSA) is 210 Å². The molecule has 0 aromatic carbocycles. The number of hydrogen-bond acceptors (Lipinski definition) is 9. The highest BCUT2D eigenvalue weighted by Gasteiger charge is 2.48. The minimum Gasteiger partial charge on any atom is -0.213 e. The minimum atomic E-state index is -4.82. The average molecular weight is 581 g/mol. The molecule has 0 aliphatic carbocycles. The molecule has 0 spiro atoms. The fraction of sp³-hybridized carbons (Fsp3) is 0.864. The van der Waals surface area contributed by atoms with Crippen molar-refractivity contribution in [3.05, 3.63) is 0 Å². The largest absolute Gasteiger partial charge is 0.303 e. The van der Waals surface area contributed by atoms with E-state index in [0.717, 1.165) is 0 Å². The Morgan fingerprint density at radius 1 is 0.432 bits per heavy atom. The molecule has 0 amide bonds. The Morgan fingerprint density at radius 3 is 0.919 bits per heavy atom. The number of nitriles is 3. The van der Waals surface area contributed by atoms with Crippen molar-refractivity contribution in [2.24, 2.45) is 0 Å². The molecule has 0 aliphatic heterocycles. The second-order valence-corrected chi connectivity index (χ2v) is 15.0. The molecule has 0 saturated carbocycles. The molecule has 0 heterocycles. The van der Waals surface area contributed by atoms with Crippen LogP contribution in [0.3, 0.4) is 0 Å². The van der Waals surface area contributed by atoms with Crippen molar-refractivity contribution >= 4 is 30.1 Å². The molecule has 12 nitrogen and oxygen atoms in total. The van der Waals surface area contributed by atoms with Crippen LogP contribution in [-0.2, 0) is 30.1 Å². The van der Waals surface area contributed by atoms with Gasteiger partial charge in [0.25, 0.3) is 0 Å². The maximum atomic E-state index is 12.9. The highest BCUT2D eigenvalue weighted by atomic mass is 32.3. The second-order valence-electron chi connectivity index (χ2n) is 8.57. The average Bonchev–Trinajstić information content (AvgIpc) is 2.81. The summed E-state index contributed by atoms with van der Waals surface area (Å²) < 4.78 is 81.1. The van der Waals surface area contributed by atoms with Crippen LogP contribution in [0.2, 0.25) is 0 Å². The van der Waals surface area contributed by atoms with E-state index in [1.807, 2.05) is 18.2 Å². The summed E-state index contributed by atoms with van der Waals surface area (Å²) >= 11 is 0. The van der Waals surface area contributed by atoms with E-state index in [4.69, 9.17) is 15.8 Å². The SMILES string of the molecule is N#CCCCCCCNS(=O)(=O)C(S(=O)(=O)NCCCCCCC#N)S(=O)(=O)NCCCCCCC#N. The summed E-state index contributed by atoms with van der Waals surface area (Å²) in [7, 11) is -14.5. The van der Waals surface area contributed by atoms with Gasteiger partial charge in [-0.25, -0.2) is 39.4 Å². The Hall–Kier alpha value is -1.80. The summed E-state index contributed by atoms with van der Waals surface area (Å²) in [5.74, 6) is 0. The lowest BCUT2D eigenvalue weighted by Gasteiger charge is -2.20. The summed E-state index contributed by atoms with van der Waals surface area (Å²) in [6.07, 6.45) is 8.13. The van der Waals surface area contributed by atoms with Gasteiger partial charge in [0.2, 0.25) is 30.1 Å². The molecule has 0 atom stereocenters. The molecule has 0 saturated heterocycles. The predicted molar refractivity (Wildman–Crippen MR) is 141 cm³/mol. The Kier molecular flexibility index (Phi) is 19.2. The quantitative estimate of drug-likeness (QED) is 0.143. The van der Waals surface area contributed by atoms with Crippen LogP contribution in [0.25, 0.3) is 0 Å². The lowest BCUT2D eigenvalue weighted by atomic mass is 10.1. The van der Waals surface area contributed by atoms with Gasteiger partial charge >= 0.3 is 3.91 Å². The van der Waals surface area contributed by atoms with Gasteiger partial charge in [0.15, 0.2) is 0 Å². The van der Waals surface area contributed by atoms with E-state index in [1.54, 1.807) is 0 Å². The van der Waals surface area contributed by atoms with Gasteiger partial charge in [-0.15, -0.1) is 0 Å². The lowest BCUT2D eigenvalue weighted by Crippen LogP contribution is -2.53. The van der Waals surface area contributed by atoms with E-state index in [0.29, 0.717) is 96.3 Å². The maximum absolute atomic E-state index is 12.9. The monoisotopic (exact) mass is 580 g/mol. The van der Waals surface area contributed by atoms with E-state index in [1.165, 1.54) is 0 Å². The first-order valence-corrected chi connectivity index (χ1v) is 17.3. The first-order chi connectivity index (χ1) is 17.5. The molecule has 37 heavy (non-hydrogen) atoms. The van der Waals surface area contributed by atoms with Crippen LogP contribution >= 0.6 is 0 Å². The smallest absolute Gasteiger partial charge is 0.213 e. The van der Waals surface area contributed by atoms with Gasteiger partial charge in [-0.05, 0) is 38.5 Å². The van der Waals surface area contributed by atoms with Crippen molar-refractivity contribution in [2.75, 3.05) is 19.6 Å². The molecule has 0 aromatic heterocycles. The molecule has 0 rings (SSSR count). The first kappa shape index (κ1) is 35.2. The molecular weight excluding hydrogens is 540 g/mol. The molecule has 3 N–H and O–H groups in total. The van der Waals surface area contributed by atoms with Crippen molar-refractivity contribution in [3.8, 4) is 18.2 Å². The number of unbranched alkanes of at least 4 members (excludes halogenated alkanes) is 12. The number of rotatable bonds is 24. The van der Waals surface area contributed by atoms with Gasteiger partial charge in [-0.3, -0.25) is 0 Å². The number of hydrogen-bond donors (Lipinski definition) is 3. The van der Waals surface area contributed by atoms with E-state index >= 15 is 0 Å². The lowest BCUT2D eigenvalue weighted by molar-refractivity contribution is 0.548. The fourth-order valence-corrected chi connectivity index (χ4v) is 10.3. The van der Waals surface area contributed by atoms with Crippen molar-refractivity contribution in [3.63, 3.8) is 0 Å². The summed E-state index contributed by atoms with van der Waals surface area (Å²) in [5, 5.41) is 25.7. The summed E-state index contributed by atoms with van der Waals surface area (Å²) in [6, 6.07) is 6.04. The number of nitrogens with one attached hydrogen (secondary N) is 3. The highest BCUT2D eigenvalue weighted by Crippen LogP contribution is 2.16. The zero-order chi connectivity index (χ0) is 28.0. The third kappa shape index (κ3) is 16.6. The van der Waals surface area contributed by atoms with Gasteiger partial charge < -0.3 is 0 Å². The van der Waals surface area contributed by atoms with Crippen molar-refractivity contribution < 1.29 is 25.3 Å². The third-order valence-corrected chi connectivity index (χ3v) is 13.2. The molecule has 212 valence electrons. The van der Waals surface area contributed by atoms with E-state index in [-0.39, 0.29) is 19.6 Å². The van der Waals surface area contributed by atoms with Crippen LogP contribution in [0.15, 0.2) is 0 Å². The van der Waals surface area contributed by atoms with E-state index in [2.05, 4.69) is 14.2 Å². The van der Waals surface area contributed by atoms with Crippen LogP contribution < -0.4 is 14.2 Å².